The van der Waals surface area contributed by atoms with Gasteiger partial charge in [0.25, 0.3) is 0 Å². The van der Waals surface area contributed by atoms with Crippen molar-refractivity contribution in [3.63, 3.8) is 0 Å². The van der Waals surface area contributed by atoms with Gasteiger partial charge < -0.3 is 5.11 Å². The highest BCUT2D eigenvalue weighted by molar-refractivity contribution is 5.27. The van der Waals surface area contributed by atoms with Gasteiger partial charge in [-0.3, -0.25) is 4.68 Å². The zero-order chi connectivity index (χ0) is 11.4. The second kappa shape index (κ2) is 4.82. The summed E-state index contributed by atoms with van der Waals surface area (Å²) in [5.74, 6) is 0. The molecule has 1 N–H and O–H groups in total. The maximum atomic E-state index is 9.80. The van der Waals surface area contributed by atoms with Crippen LogP contribution in [0.15, 0.2) is 5.11 Å². The molecule has 0 spiro atoms. The summed E-state index contributed by atoms with van der Waals surface area (Å²) in [6.45, 7) is 6.55. The molecule has 0 radical (unpaired) electrons. The summed E-state index contributed by atoms with van der Waals surface area (Å²) < 4.78 is 1.82. The Morgan fingerprint density at radius 3 is 2.73 bits per heavy atom. The summed E-state index contributed by atoms with van der Waals surface area (Å²) in [6.07, 6.45) is -0.763. The van der Waals surface area contributed by atoms with Crippen molar-refractivity contribution in [3.05, 3.63) is 27.4 Å². The fraction of sp³-hybridized carbons (Fsp3) is 0.667. The number of aryl methyl sites for hydroxylation is 2. The van der Waals surface area contributed by atoms with Gasteiger partial charge in [-0.15, -0.1) is 0 Å². The summed E-state index contributed by atoms with van der Waals surface area (Å²) >= 11 is 0. The molecular weight excluding hydrogens is 194 g/mol. The van der Waals surface area contributed by atoms with Gasteiger partial charge in [-0.25, -0.2) is 0 Å². The van der Waals surface area contributed by atoms with Crippen LogP contribution in [0.2, 0.25) is 0 Å². The van der Waals surface area contributed by atoms with Crippen LogP contribution < -0.4 is 0 Å². The molecule has 0 saturated heterocycles. The molecule has 6 heteroatoms. The Morgan fingerprint density at radius 2 is 2.27 bits per heavy atom. The molecule has 0 saturated carbocycles. The Morgan fingerprint density at radius 1 is 1.60 bits per heavy atom. The summed E-state index contributed by atoms with van der Waals surface area (Å²) in [7, 11) is 0. The number of aliphatic hydroxyl groups excluding tert-OH is 1. The lowest BCUT2D eigenvalue weighted by Crippen LogP contribution is -2.05. The zero-order valence-electron chi connectivity index (χ0n) is 9.17. The van der Waals surface area contributed by atoms with Gasteiger partial charge >= 0.3 is 0 Å². The second-order valence-corrected chi connectivity index (χ2v) is 3.33. The molecule has 0 aliphatic heterocycles. The van der Waals surface area contributed by atoms with E-state index in [1.54, 1.807) is 0 Å². The van der Waals surface area contributed by atoms with E-state index in [2.05, 4.69) is 15.1 Å². The van der Waals surface area contributed by atoms with Gasteiger partial charge in [-0.05, 0) is 26.3 Å². The first-order valence-corrected chi connectivity index (χ1v) is 4.84. The van der Waals surface area contributed by atoms with Gasteiger partial charge in [0.2, 0.25) is 0 Å². The Bertz CT molecular complexity index is 391. The van der Waals surface area contributed by atoms with Gasteiger partial charge in [0.1, 0.15) is 0 Å². The first-order chi connectivity index (χ1) is 7.11. The van der Waals surface area contributed by atoms with Crippen molar-refractivity contribution >= 4 is 0 Å². The molecule has 1 rings (SSSR count). The van der Waals surface area contributed by atoms with Crippen LogP contribution in [0.25, 0.3) is 10.4 Å². The van der Waals surface area contributed by atoms with Crippen molar-refractivity contribution < 1.29 is 5.11 Å². The van der Waals surface area contributed by atoms with E-state index in [1.807, 2.05) is 25.5 Å². The van der Waals surface area contributed by atoms with Crippen LogP contribution in [-0.4, -0.2) is 21.4 Å². The second-order valence-electron chi connectivity index (χ2n) is 3.33. The summed E-state index contributed by atoms with van der Waals surface area (Å²) in [5, 5.41) is 17.4. The first kappa shape index (κ1) is 11.6. The molecule has 1 atom stereocenters. The standard InChI is InChI=1S/C9H15N5O/c1-4-14-7(3)9(6(2)12-14)8(15)5-11-13-10/h8,15H,4-5H2,1-3H3. The fourth-order valence-corrected chi connectivity index (χ4v) is 1.71. The van der Waals surface area contributed by atoms with E-state index in [0.29, 0.717) is 0 Å². The molecular formula is C9H15N5O. The minimum Gasteiger partial charge on any atom is -0.388 e. The molecule has 1 aromatic rings. The Kier molecular flexibility index (Phi) is 3.71. The predicted molar refractivity (Wildman–Crippen MR) is 56.3 cm³/mol. The van der Waals surface area contributed by atoms with Gasteiger partial charge in [0, 0.05) is 22.7 Å². The molecule has 0 aliphatic rings. The predicted octanol–water partition coefficient (Wildman–Crippen LogP) is 1.86. The number of azide groups is 1. The van der Waals surface area contributed by atoms with Crippen LogP contribution in [0.4, 0.5) is 0 Å². The van der Waals surface area contributed by atoms with Gasteiger partial charge in [0.05, 0.1) is 18.3 Å². The van der Waals surface area contributed by atoms with Crippen LogP contribution >= 0.6 is 0 Å². The van der Waals surface area contributed by atoms with Crippen LogP contribution in [0.5, 0.6) is 0 Å². The molecule has 1 heterocycles. The van der Waals surface area contributed by atoms with E-state index < -0.39 is 6.10 Å². The van der Waals surface area contributed by atoms with Gasteiger partial charge in [0.15, 0.2) is 0 Å². The van der Waals surface area contributed by atoms with Crippen molar-refractivity contribution in [2.75, 3.05) is 6.54 Å². The van der Waals surface area contributed by atoms with E-state index in [0.717, 1.165) is 23.5 Å². The quantitative estimate of drug-likeness (QED) is 0.466. The molecule has 0 bridgehead atoms. The van der Waals surface area contributed by atoms with Crippen LogP contribution in [0.3, 0.4) is 0 Å². The highest BCUT2D eigenvalue weighted by atomic mass is 16.3. The lowest BCUT2D eigenvalue weighted by molar-refractivity contribution is 0.185. The average molecular weight is 209 g/mol. The molecule has 15 heavy (non-hydrogen) atoms. The summed E-state index contributed by atoms with van der Waals surface area (Å²) in [5.41, 5.74) is 10.7. The van der Waals surface area contributed by atoms with E-state index in [9.17, 15) is 5.11 Å². The summed E-state index contributed by atoms with van der Waals surface area (Å²) in [4.78, 5) is 2.63. The molecule has 82 valence electrons. The third kappa shape index (κ3) is 2.29. The molecule has 0 aromatic carbocycles. The van der Waals surface area contributed by atoms with Crippen LogP contribution in [0.1, 0.15) is 30.0 Å². The molecule has 0 fully saturated rings. The van der Waals surface area contributed by atoms with Crippen molar-refractivity contribution in [3.8, 4) is 0 Å². The third-order valence-electron chi connectivity index (χ3n) is 2.39. The third-order valence-corrected chi connectivity index (χ3v) is 2.39. The van der Waals surface area contributed by atoms with E-state index in [4.69, 9.17) is 5.53 Å². The largest absolute Gasteiger partial charge is 0.388 e. The Balaban J connectivity index is 3.02. The van der Waals surface area contributed by atoms with E-state index in [1.165, 1.54) is 0 Å². The molecule has 0 aliphatic carbocycles. The number of aliphatic hydroxyl groups is 1. The van der Waals surface area contributed by atoms with Crippen molar-refractivity contribution in [1.82, 2.24) is 9.78 Å². The van der Waals surface area contributed by atoms with Crippen molar-refractivity contribution in [2.45, 2.75) is 33.4 Å². The number of nitrogens with zero attached hydrogens (tertiary/aromatic N) is 5. The lowest BCUT2D eigenvalue weighted by Gasteiger charge is -2.08. The highest BCUT2D eigenvalue weighted by Gasteiger charge is 2.17. The Hall–Kier alpha value is -1.52. The molecule has 0 amide bonds. The van der Waals surface area contributed by atoms with Crippen molar-refractivity contribution in [2.24, 2.45) is 5.11 Å². The monoisotopic (exact) mass is 209 g/mol. The van der Waals surface area contributed by atoms with E-state index >= 15 is 0 Å². The maximum absolute atomic E-state index is 9.80. The minimum atomic E-state index is -0.763. The fourth-order valence-electron chi connectivity index (χ4n) is 1.71. The lowest BCUT2D eigenvalue weighted by atomic mass is 10.1. The summed E-state index contributed by atoms with van der Waals surface area (Å²) in [6, 6.07) is 0. The number of aromatic nitrogens is 2. The van der Waals surface area contributed by atoms with Gasteiger partial charge in [-0.1, -0.05) is 5.11 Å². The SMILES string of the molecule is CCn1nc(C)c(C(O)CN=[N+]=[N-])c1C. The first-order valence-electron chi connectivity index (χ1n) is 4.84. The van der Waals surface area contributed by atoms with Gasteiger partial charge in [-0.2, -0.15) is 5.10 Å². The number of rotatable bonds is 4. The van der Waals surface area contributed by atoms with Crippen LogP contribution in [-0.2, 0) is 6.54 Å². The molecule has 1 aromatic heterocycles. The number of hydrogen-bond donors (Lipinski definition) is 1. The zero-order valence-corrected chi connectivity index (χ0v) is 9.17. The molecule has 6 nitrogen and oxygen atoms in total. The van der Waals surface area contributed by atoms with Crippen LogP contribution in [0, 0.1) is 13.8 Å². The van der Waals surface area contributed by atoms with E-state index in [-0.39, 0.29) is 6.54 Å². The maximum Gasteiger partial charge on any atom is 0.0882 e. The Labute approximate surface area is 88.2 Å². The average Bonchev–Trinajstić information content (AvgIpc) is 2.50. The highest BCUT2D eigenvalue weighted by Crippen LogP contribution is 2.21. The normalized spacial score (nSPS) is 12.3. The van der Waals surface area contributed by atoms with Crippen molar-refractivity contribution in [1.29, 1.82) is 0 Å². The minimum absolute atomic E-state index is 0.0492. The topological polar surface area (TPSA) is 86.8 Å². The smallest absolute Gasteiger partial charge is 0.0882 e. The molecule has 1 unspecified atom stereocenters. The number of hydrogen-bond acceptors (Lipinski definition) is 3.